The molecule has 0 aromatic heterocycles. The van der Waals surface area contributed by atoms with Gasteiger partial charge in [0.15, 0.2) is 0 Å². The van der Waals surface area contributed by atoms with E-state index in [0.717, 1.165) is 11.1 Å². The summed E-state index contributed by atoms with van der Waals surface area (Å²) in [6, 6.07) is 5.11. The standard InChI is InChI=1S/C14H22N2O3S/c1-11-8-13(5-4-12(11)9-15)20(17,18)16-6-7-19-14(2,3)10-16/h4-5,8H,6-7,9-10,15H2,1-3H3. The number of hydrogen-bond donors (Lipinski definition) is 1. The summed E-state index contributed by atoms with van der Waals surface area (Å²) in [7, 11) is -3.47. The lowest BCUT2D eigenvalue weighted by Gasteiger charge is -2.37. The van der Waals surface area contributed by atoms with E-state index in [2.05, 4.69) is 0 Å². The van der Waals surface area contributed by atoms with Crippen molar-refractivity contribution in [3.05, 3.63) is 29.3 Å². The molecule has 6 heteroatoms. The van der Waals surface area contributed by atoms with Crippen molar-refractivity contribution in [2.45, 2.75) is 37.8 Å². The van der Waals surface area contributed by atoms with Crippen molar-refractivity contribution in [2.75, 3.05) is 19.7 Å². The van der Waals surface area contributed by atoms with Gasteiger partial charge < -0.3 is 10.5 Å². The molecule has 1 aliphatic rings. The quantitative estimate of drug-likeness (QED) is 0.911. The molecule has 0 spiro atoms. The number of aryl methyl sites for hydroxylation is 1. The van der Waals surface area contributed by atoms with Gasteiger partial charge in [-0.1, -0.05) is 6.07 Å². The summed E-state index contributed by atoms with van der Waals surface area (Å²) in [4.78, 5) is 0.324. The maximum absolute atomic E-state index is 12.7. The highest BCUT2D eigenvalue weighted by atomic mass is 32.2. The van der Waals surface area contributed by atoms with Crippen LogP contribution in [-0.2, 0) is 21.3 Å². The lowest BCUT2D eigenvalue weighted by atomic mass is 10.1. The molecule has 2 rings (SSSR count). The van der Waals surface area contributed by atoms with Crippen LogP contribution in [0.4, 0.5) is 0 Å². The molecule has 0 bridgehead atoms. The van der Waals surface area contributed by atoms with Crippen LogP contribution in [0.3, 0.4) is 0 Å². The van der Waals surface area contributed by atoms with Crippen molar-refractivity contribution < 1.29 is 13.2 Å². The zero-order valence-electron chi connectivity index (χ0n) is 12.2. The fraction of sp³-hybridized carbons (Fsp3) is 0.571. The minimum Gasteiger partial charge on any atom is -0.373 e. The van der Waals surface area contributed by atoms with Gasteiger partial charge >= 0.3 is 0 Å². The lowest BCUT2D eigenvalue weighted by molar-refractivity contribution is -0.0640. The summed E-state index contributed by atoms with van der Waals surface area (Å²) >= 11 is 0. The van der Waals surface area contributed by atoms with Gasteiger partial charge in [0.1, 0.15) is 0 Å². The first kappa shape index (κ1) is 15.4. The summed E-state index contributed by atoms with van der Waals surface area (Å²) in [5, 5.41) is 0. The second kappa shape index (κ2) is 5.44. The Bertz CT molecular complexity index is 596. The molecule has 0 amide bonds. The molecule has 5 nitrogen and oxygen atoms in total. The normalized spacial score (nSPS) is 20.0. The van der Waals surface area contributed by atoms with Gasteiger partial charge in [0, 0.05) is 19.6 Å². The fourth-order valence-electron chi connectivity index (χ4n) is 2.39. The number of morpholine rings is 1. The predicted molar refractivity (Wildman–Crippen MR) is 77.9 cm³/mol. The largest absolute Gasteiger partial charge is 0.373 e. The molecule has 1 aromatic carbocycles. The van der Waals surface area contributed by atoms with Crippen LogP contribution in [0.5, 0.6) is 0 Å². The molecule has 1 aliphatic heterocycles. The third-order valence-electron chi connectivity index (χ3n) is 3.56. The van der Waals surface area contributed by atoms with E-state index >= 15 is 0 Å². The Morgan fingerprint density at radius 3 is 2.65 bits per heavy atom. The van der Waals surface area contributed by atoms with Crippen LogP contribution in [0.15, 0.2) is 23.1 Å². The van der Waals surface area contributed by atoms with E-state index < -0.39 is 15.6 Å². The molecule has 1 fully saturated rings. The van der Waals surface area contributed by atoms with Gasteiger partial charge in [-0.15, -0.1) is 0 Å². The number of sulfonamides is 1. The van der Waals surface area contributed by atoms with Crippen LogP contribution in [-0.4, -0.2) is 38.0 Å². The monoisotopic (exact) mass is 298 g/mol. The minimum absolute atomic E-state index is 0.324. The highest BCUT2D eigenvalue weighted by Crippen LogP contribution is 2.24. The third-order valence-corrected chi connectivity index (χ3v) is 5.40. The van der Waals surface area contributed by atoms with Crippen molar-refractivity contribution in [3.63, 3.8) is 0 Å². The van der Waals surface area contributed by atoms with Gasteiger partial charge in [0.25, 0.3) is 0 Å². The van der Waals surface area contributed by atoms with Crippen LogP contribution < -0.4 is 5.73 Å². The summed E-state index contributed by atoms with van der Waals surface area (Å²) in [6.07, 6.45) is 0. The van der Waals surface area contributed by atoms with Crippen LogP contribution in [0, 0.1) is 6.92 Å². The second-order valence-corrected chi connectivity index (χ2v) is 7.68. The molecule has 1 heterocycles. The van der Waals surface area contributed by atoms with Crippen LogP contribution in [0.25, 0.3) is 0 Å². The summed E-state index contributed by atoms with van der Waals surface area (Å²) in [6.45, 7) is 7.28. The van der Waals surface area contributed by atoms with Crippen molar-refractivity contribution in [2.24, 2.45) is 5.73 Å². The Kier molecular flexibility index (Phi) is 4.20. The van der Waals surface area contributed by atoms with Crippen LogP contribution in [0.1, 0.15) is 25.0 Å². The molecule has 0 radical (unpaired) electrons. The van der Waals surface area contributed by atoms with E-state index in [1.54, 1.807) is 18.2 Å². The Hall–Kier alpha value is -0.950. The van der Waals surface area contributed by atoms with E-state index in [-0.39, 0.29) is 0 Å². The fourth-order valence-corrected chi connectivity index (χ4v) is 4.04. The van der Waals surface area contributed by atoms with Gasteiger partial charge in [-0.05, 0) is 44.0 Å². The van der Waals surface area contributed by atoms with E-state index in [4.69, 9.17) is 10.5 Å². The van der Waals surface area contributed by atoms with E-state index in [0.29, 0.717) is 31.1 Å². The number of nitrogens with two attached hydrogens (primary N) is 1. The maximum Gasteiger partial charge on any atom is 0.243 e. The lowest BCUT2D eigenvalue weighted by Crippen LogP contribution is -2.50. The molecular weight excluding hydrogens is 276 g/mol. The van der Waals surface area contributed by atoms with Gasteiger partial charge in [0.2, 0.25) is 10.0 Å². The summed E-state index contributed by atoms with van der Waals surface area (Å²) in [5.74, 6) is 0. The average Bonchev–Trinajstić information content (AvgIpc) is 2.37. The van der Waals surface area contributed by atoms with Crippen LogP contribution >= 0.6 is 0 Å². The molecule has 20 heavy (non-hydrogen) atoms. The number of nitrogens with zero attached hydrogens (tertiary/aromatic N) is 1. The summed E-state index contributed by atoms with van der Waals surface area (Å²) < 4.78 is 32.4. The Morgan fingerprint density at radius 2 is 2.10 bits per heavy atom. The number of rotatable bonds is 3. The third kappa shape index (κ3) is 3.03. The molecule has 2 N–H and O–H groups in total. The molecule has 0 aliphatic carbocycles. The van der Waals surface area contributed by atoms with E-state index in [1.165, 1.54) is 4.31 Å². The van der Waals surface area contributed by atoms with E-state index in [1.807, 2.05) is 20.8 Å². The molecule has 1 saturated heterocycles. The molecule has 1 aromatic rings. The SMILES string of the molecule is Cc1cc(S(=O)(=O)N2CCOC(C)(C)C2)ccc1CN. The molecule has 0 saturated carbocycles. The topological polar surface area (TPSA) is 72.6 Å². The number of hydrogen-bond acceptors (Lipinski definition) is 4. The van der Waals surface area contributed by atoms with Crippen molar-refractivity contribution >= 4 is 10.0 Å². The van der Waals surface area contributed by atoms with Gasteiger partial charge in [-0.3, -0.25) is 0 Å². The first-order valence-electron chi connectivity index (χ1n) is 6.70. The highest BCUT2D eigenvalue weighted by molar-refractivity contribution is 7.89. The van der Waals surface area contributed by atoms with Gasteiger partial charge in [-0.2, -0.15) is 4.31 Å². The second-order valence-electron chi connectivity index (χ2n) is 5.74. The maximum atomic E-state index is 12.7. The smallest absolute Gasteiger partial charge is 0.243 e. The molecule has 112 valence electrons. The predicted octanol–water partition coefficient (Wildman–Crippen LogP) is 1.25. The van der Waals surface area contributed by atoms with E-state index in [9.17, 15) is 8.42 Å². The van der Waals surface area contributed by atoms with Gasteiger partial charge in [0.05, 0.1) is 17.1 Å². The molecule has 0 unspecified atom stereocenters. The zero-order valence-corrected chi connectivity index (χ0v) is 13.0. The Morgan fingerprint density at radius 1 is 1.40 bits per heavy atom. The Balaban J connectivity index is 2.33. The first-order valence-corrected chi connectivity index (χ1v) is 8.14. The molecular formula is C14H22N2O3S. The van der Waals surface area contributed by atoms with Crippen molar-refractivity contribution in [3.8, 4) is 0 Å². The number of ether oxygens (including phenoxy) is 1. The number of benzene rings is 1. The average molecular weight is 298 g/mol. The van der Waals surface area contributed by atoms with Crippen molar-refractivity contribution in [1.29, 1.82) is 0 Å². The first-order chi connectivity index (χ1) is 9.26. The minimum atomic E-state index is -3.47. The van der Waals surface area contributed by atoms with Crippen molar-refractivity contribution in [1.82, 2.24) is 4.31 Å². The van der Waals surface area contributed by atoms with Gasteiger partial charge in [-0.25, -0.2) is 8.42 Å². The highest BCUT2D eigenvalue weighted by Gasteiger charge is 2.34. The Labute approximate surface area is 120 Å². The molecule has 0 atom stereocenters. The summed E-state index contributed by atoms with van der Waals surface area (Å²) in [5.41, 5.74) is 7.03. The van der Waals surface area contributed by atoms with Crippen LogP contribution in [0.2, 0.25) is 0 Å². The zero-order chi connectivity index (χ0) is 15.0.